The molecule has 1 atom stereocenters. The van der Waals surface area contributed by atoms with E-state index in [1.807, 2.05) is 0 Å². The lowest BCUT2D eigenvalue weighted by molar-refractivity contribution is 0.249. The van der Waals surface area contributed by atoms with Crippen molar-refractivity contribution < 1.29 is 0 Å². The first-order chi connectivity index (χ1) is 5.56. The van der Waals surface area contributed by atoms with Gasteiger partial charge in [0.25, 0.3) is 0 Å². The van der Waals surface area contributed by atoms with Gasteiger partial charge in [0, 0.05) is 6.04 Å². The van der Waals surface area contributed by atoms with Crippen molar-refractivity contribution in [3.05, 3.63) is 0 Å². The predicted octanol–water partition coefficient (Wildman–Crippen LogP) is 2.81. The van der Waals surface area contributed by atoms with E-state index in [1.165, 1.54) is 19.3 Å². The first kappa shape index (κ1) is 10.0. The minimum absolute atomic E-state index is 0.571. The Morgan fingerprint density at radius 2 is 2.00 bits per heavy atom. The first-order valence-electron chi connectivity index (χ1n) is 5.29. The van der Waals surface area contributed by atoms with Crippen molar-refractivity contribution >= 4 is 0 Å². The molecule has 0 aromatic rings. The van der Waals surface area contributed by atoms with Gasteiger partial charge in [-0.05, 0) is 44.1 Å². The summed E-state index contributed by atoms with van der Waals surface area (Å²) < 4.78 is 0. The third-order valence-corrected chi connectivity index (χ3v) is 3.07. The lowest BCUT2D eigenvalue weighted by atomic mass is 9.81. The molecule has 1 nitrogen and oxygen atoms in total. The molecule has 0 aliphatic heterocycles. The molecule has 1 aliphatic carbocycles. The van der Waals surface area contributed by atoms with E-state index in [9.17, 15) is 0 Å². The largest absolute Gasteiger partial charge is 0.315 e. The molecule has 0 heterocycles. The average molecular weight is 169 g/mol. The highest BCUT2D eigenvalue weighted by atomic mass is 14.9. The zero-order chi connectivity index (χ0) is 9.19. The van der Waals surface area contributed by atoms with Crippen LogP contribution in [0.4, 0.5) is 0 Å². The van der Waals surface area contributed by atoms with Crippen molar-refractivity contribution in [2.24, 2.45) is 11.3 Å². The molecular weight excluding hydrogens is 146 g/mol. The van der Waals surface area contributed by atoms with Crippen molar-refractivity contribution in [2.75, 3.05) is 6.54 Å². The molecule has 12 heavy (non-hydrogen) atoms. The predicted molar refractivity (Wildman–Crippen MR) is 54.3 cm³/mol. The Morgan fingerprint density at radius 1 is 1.42 bits per heavy atom. The fourth-order valence-electron chi connectivity index (χ4n) is 2.24. The summed E-state index contributed by atoms with van der Waals surface area (Å²) in [7, 11) is 0. The number of hydrogen-bond donors (Lipinski definition) is 1. The summed E-state index contributed by atoms with van der Waals surface area (Å²) in [6.07, 6.45) is 4.25. The molecule has 0 radical (unpaired) electrons. The molecule has 0 aromatic heterocycles. The fourth-order valence-corrected chi connectivity index (χ4v) is 2.24. The van der Waals surface area contributed by atoms with E-state index in [0.29, 0.717) is 11.5 Å². The lowest BCUT2D eigenvalue weighted by Crippen LogP contribution is -2.31. The van der Waals surface area contributed by atoms with E-state index in [2.05, 4.69) is 33.0 Å². The zero-order valence-corrected chi connectivity index (χ0v) is 8.98. The van der Waals surface area contributed by atoms with E-state index >= 15 is 0 Å². The van der Waals surface area contributed by atoms with Gasteiger partial charge in [-0.15, -0.1) is 0 Å². The van der Waals surface area contributed by atoms with Gasteiger partial charge < -0.3 is 5.32 Å². The molecule has 0 aromatic carbocycles. The SMILES string of the molecule is CCNC(C)CC(C)(C)C1CC1. The van der Waals surface area contributed by atoms with Gasteiger partial charge in [0.1, 0.15) is 0 Å². The Morgan fingerprint density at radius 3 is 2.42 bits per heavy atom. The van der Waals surface area contributed by atoms with Crippen LogP contribution in [0.15, 0.2) is 0 Å². The van der Waals surface area contributed by atoms with Gasteiger partial charge in [-0.25, -0.2) is 0 Å². The Hall–Kier alpha value is -0.0400. The van der Waals surface area contributed by atoms with Crippen LogP contribution < -0.4 is 5.32 Å². The van der Waals surface area contributed by atoms with Crippen LogP contribution in [0.2, 0.25) is 0 Å². The van der Waals surface area contributed by atoms with Gasteiger partial charge in [-0.2, -0.15) is 0 Å². The van der Waals surface area contributed by atoms with Crippen LogP contribution in [0.3, 0.4) is 0 Å². The van der Waals surface area contributed by atoms with Crippen LogP contribution in [-0.4, -0.2) is 12.6 Å². The molecule has 1 rings (SSSR count). The summed E-state index contributed by atoms with van der Waals surface area (Å²) in [6, 6.07) is 0.686. The van der Waals surface area contributed by atoms with Crippen molar-refractivity contribution in [1.82, 2.24) is 5.32 Å². The second-order valence-electron chi connectivity index (χ2n) is 4.93. The molecule has 0 spiro atoms. The number of nitrogens with one attached hydrogen (secondary N) is 1. The lowest BCUT2D eigenvalue weighted by Gasteiger charge is -2.28. The molecule has 0 amide bonds. The summed E-state index contributed by atoms with van der Waals surface area (Å²) in [4.78, 5) is 0. The minimum Gasteiger partial charge on any atom is -0.315 e. The van der Waals surface area contributed by atoms with Gasteiger partial charge >= 0.3 is 0 Å². The second kappa shape index (κ2) is 3.78. The maximum Gasteiger partial charge on any atom is 0.00437 e. The van der Waals surface area contributed by atoms with Crippen molar-refractivity contribution in [3.8, 4) is 0 Å². The molecule has 72 valence electrons. The Kier molecular flexibility index (Phi) is 3.16. The van der Waals surface area contributed by atoms with Crippen LogP contribution in [0.5, 0.6) is 0 Å². The molecule has 1 saturated carbocycles. The van der Waals surface area contributed by atoms with Crippen LogP contribution in [-0.2, 0) is 0 Å². The van der Waals surface area contributed by atoms with E-state index in [0.717, 1.165) is 12.5 Å². The molecule has 1 heteroatoms. The molecule has 1 fully saturated rings. The Balaban J connectivity index is 2.27. The van der Waals surface area contributed by atoms with Gasteiger partial charge in [-0.1, -0.05) is 20.8 Å². The standard InChI is InChI=1S/C11H23N/c1-5-12-9(2)8-11(3,4)10-6-7-10/h9-10,12H,5-8H2,1-4H3. The van der Waals surface area contributed by atoms with Crippen LogP contribution in [0.25, 0.3) is 0 Å². The highest BCUT2D eigenvalue weighted by Gasteiger charge is 2.38. The molecule has 0 saturated heterocycles. The number of hydrogen-bond acceptors (Lipinski definition) is 1. The van der Waals surface area contributed by atoms with Gasteiger partial charge in [0.2, 0.25) is 0 Å². The molecule has 1 aliphatic rings. The van der Waals surface area contributed by atoms with E-state index < -0.39 is 0 Å². The molecule has 1 N–H and O–H groups in total. The highest BCUT2D eigenvalue weighted by Crippen LogP contribution is 2.47. The zero-order valence-electron chi connectivity index (χ0n) is 8.98. The average Bonchev–Trinajstić information content (AvgIpc) is 2.65. The number of rotatable bonds is 5. The summed E-state index contributed by atoms with van der Waals surface area (Å²) in [5, 5.41) is 3.48. The fraction of sp³-hybridized carbons (Fsp3) is 1.00. The minimum atomic E-state index is 0.571. The van der Waals surface area contributed by atoms with Crippen LogP contribution in [0.1, 0.15) is 47.0 Å². The summed E-state index contributed by atoms with van der Waals surface area (Å²) in [5.41, 5.74) is 0.571. The van der Waals surface area contributed by atoms with Crippen LogP contribution >= 0.6 is 0 Å². The van der Waals surface area contributed by atoms with Crippen molar-refractivity contribution in [2.45, 2.75) is 53.0 Å². The van der Waals surface area contributed by atoms with E-state index in [4.69, 9.17) is 0 Å². The third kappa shape index (κ3) is 2.78. The van der Waals surface area contributed by atoms with Crippen molar-refractivity contribution in [3.63, 3.8) is 0 Å². The second-order valence-corrected chi connectivity index (χ2v) is 4.93. The normalized spacial score (nSPS) is 21.0. The highest BCUT2D eigenvalue weighted by molar-refractivity contribution is 4.89. The Bertz CT molecular complexity index is 136. The summed E-state index contributed by atoms with van der Waals surface area (Å²) >= 11 is 0. The smallest absolute Gasteiger partial charge is 0.00437 e. The van der Waals surface area contributed by atoms with Gasteiger partial charge in [0.05, 0.1) is 0 Å². The monoisotopic (exact) mass is 169 g/mol. The van der Waals surface area contributed by atoms with E-state index in [1.54, 1.807) is 0 Å². The van der Waals surface area contributed by atoms with Crippen molar-refractivity contribution in [1.29, 1.82) is 0 Å². The van der Waals surface area contributed by atoms with Gasteiger partial charge in [0.15, 0.2) is 0 Å². The topological polar surface area (TPSA) is 12.0 Å². The third-order valence-electron chi connectivity index (χ3n) is 3.07. The van der Waals surface area contributed by atoms with E-state index in [-0.39, 0.29) is 0 Å². The summed E-state index contributed by atoms with van der Waals surface area (Å²) in [5.74, 6) is 1.01. The van der Waals surface area contributed by atoms with Gasteiger partial charge in [-0.3, -0.25) is 0 Å². The molecule has 1 unspecified atom stereocenters. The molecular formula is C11H23N. The maximum absolute atomic E-state index is 3.48. The quantitative estimate of drug-likeness (QED) is 0.667. The van der Waals surface area contributed by atoms with Crippen LogP contribution in [0, 0.1) is 11.3 Å². The maximum atomic E-state index is 3.48. The first-order valence-corrected chi connectivity index (χ1v) is 5.29. The summed E-state index contributed by atoms with van der Waals surface area (Å²) in [6.45, 7) is 10.4. The Labute approximate surface area is 76.9 Å². The molecule has 0 bridgehead atoms.